The van der Waals surface area contributed by atoms with Crippen LogP contribution in [0.1, 0.15) is 133 Å². The molecule has 54 heavy (non-hydrogen) atoms. The number of rotatable bonds is 9. The highest BCUT2D eigenvalue weighted by molar-refractivity contribution is 5.85. The van der Waals surface area contributed by atoms with Gasteiger partial charge in [0.15, 0.2) is 48.7 Å². The van der Waals surface area contributed by atoms with Gasteiger partial charge in [0, 0.05) is 55.5 Å². The zero-order valence-electron chi connectivity index (χ0n) is 34.1. The van der Waals surface area contributed by atoms with Crippen molar-refractivity contribution in [3.63, 3.8) is 0 Å². The van der Waals surface area contributed by atoms with Crippen LogP contribution in [0.5, 0.6) is 11.5 Å². The topological polar surface area (TPSA) is 32.2 Å². The van der Waals surface area contributed by atoms with Crippen LogP contribution in [0.4, 0.5) is 0 Å². The molecule has 2 aromatic carbocycles. The lowest BCUT2D eigenvalue weighted by molar-refractivity contribution is -0.866. The quantitative estimate of drug-likeness (QED) is 0.162. The minimum Gasteiger partial charge on any atom is -0.340 e. The minimum atomic E-state index is -1.04. The third-order valence-electron chi connectivity index (χ3n) is 12.7. The number of benzene rings is 2. The van der Waals surface area contributed by atoms with Gasteiger partial charge in [-0.1, -0.05) is 81.9 Å². The first kappa shape index (κ1) is 36.6. The molecule has 0 N–H and O–H groups in total. The van der Waals surface area contributed by atoms with E-state index in [2.05, 4.69) is 172 Å². The van der Waals surface area contributed by atoms with Crippen LogP contribution < -0.4 is 18.6 Å². The van der Waals surface area contributed by atoms with E-state index in [1.807, 2.05) is 0 Å². The van der Waals surface area contributed by atoms with Gasteiger partial charge in [0.25, 0.3) is 0 Å². The van der Waals surface area contributed by atoms with Crippen LogP contribution in [-0.2, 0) is 29.3 Å². The molecule has 1 aliphatic carbocycles. The first-order chi connectivity index (χ1) is 25.7. The van der Waals surface area contributed by atoms with Gasteiger partial charge in [-0.15, -0.1) is 0 Å². The molecule has 0 bridgehead atoms. The van der Waals surface area contributed by atoms with E-state index >= 15 is 0 Å². The number of hydrogen-bond acceptors (Lipinski definition) is 2. The highest BCUT2D eigenvalue weighted by atomic mass is 16.7. The molecule has 1 spiro atoms. The third kappa shape index (κ3) is 6.68. The average Bonchev–Trinajstić information content (AvgIpc) is 3.41. The standard InChI is InChI=1S/C48H62N4O2/c1-35-29-39(47(8,21-17-27-49-23-13-9-14-24-49)22-18-28-50-25-15-10-16-26-50)31-36-33-51-41-19-11-12-20-42(41)52-34-37-30-38(45(2,3)4)32-40(46(5,6)7)44(37)54-48(51,52)53-43(35)36/h9-10,13-16,23-26,29-34,41-42H,11-12,17-22,27-28H2,1-8H3/q+4. The zero-order chi connectivity index (χ0) is 37.9. The maximum absolute atomic E-state index is 7.43. The number of ether oxygens (including phenoxy) is 2. The fraction of sp³-hybridized carbons (Fsp3) is 0.500. The lowest BCUT2D eigenvalue weighted by Gasteiger charge is -2.34. The summed E-state index contributed by atoms with van der Waals surface area (Å²) in [5.74, 6) is 1.91. The van der Waals surface area contributed by atoms with Crippen LogP contribution in [0.25, 0.3) is 0 Å². The Kier molecular flexibility index (Phi) is 9.34. The Labute approximate surface area is 323 Å². The molecule has 8 rings (SSSR count). The molecule has 1 saturated carbocycles. The second kappa shape index (κ2) is 13.8. The fourth-order valence-electron chi connectivity index (χ4n) is 9.57. The summed E-state index contributed by atoms with van der Waals surface area (Å²) in [6.07, 6.45) is 22.7. The predicted octanol–water partition coefficient (Wildman–Crippen LogP) is 8.67. The average molecular weight is 727 g/mol. The lowest BCUT2D eigenvalue weighted by atomic mass is 9.74. The van der Waals surface area contributed by atoms with Gasteiger partial charge in [-0.25, -0.2) is 9.13 Å². The van der Waals surface area contributed by atoms with E-state index in [-0.39, 0.29) is 16.2 Å². The van der Waals surface area contributed by atoms with Crippen LogP contribution in [-0.4, -0.2) is 39.7 Å². The molecule has 3 atom stereocenters. The summed E-state index contributed by atoms with van der Waals surface area (Å²) < 4.78 is 24.4. The summed E-state index contributed by atoms with van der Waals surface area (Å²) >= 11 is 0. The van der Waals surface area contributed by atoms with Gasteiger partial charge in [0.2, 0.25) is 12.1 Å². The lowest BCUT2D eigenvalue weighted by Crippen LogP contribution is -2.60. The number of pyridine rings is 2. The van der Waals surface area contributed by atoms with Crippen molar-refractivity contribution in [2.75, 3.05) is 0 Å². The number of nitrogens with zero attached hydrogens (tertiary/aromatic N) is 4. The van der Waals surface area contributed by atoms with E-state index < -0.39 is 6.03 Å². The molecule has 1 saturated heterocycles. The molecule has 6 nitrogen and oxygen atoms in total. The zero-order valence-corrected chi connectivity index (χ0v) is 34.1. The van der Waals surface area contributed by atoms with E-state index in [0.717, 1.165) is 63.1 Å². The molecule has 3 aliphatic heterocycles. The second-order valence-electron chi connectivity index (χ2n) is 18.9. The molecule has 4 aromatic rings. The van der Waals surface area contributed by atoms with E-state index in [4.69, 9.17) is 9.47 Å². The largest absolute Gasteiger partial charge is 0.704 e. The second-order valence-corrected chi connectivity index (χ2v) is 18.9. The number of hydrogen-bond donors (Lipinski definition) is 0. The van der Waals surface area contributed by atoms with E-state index in [0.29, 0.717) is 12.1 Å². The van der Waals surface area contributed by atoms with Crippen molar-refractivity contribution in [2.45, 2.75) is 154 Å². The Hall–Kier alpha value is -4.32. The summed E-state index contributed by atoms with van der Waals surface area (Å²) in [6.45, 7) is 20.6. The van der Waals surface area contributed by atoms with Crippen LogP contribution >= 0.6 is 0 Å². The number of aryl methyl sites for hydroxylation is 3. The number of aromatic nitrogens is 2. The van der Waals surface area contributed by atoms with Crippen molar-refractivity contribution in [3.05, 3.63) is 119 Å². The Morgan fingerprint density at radius 3 is 1.63 bits per heavy atom. The molecule has 282 valence electrons. The van der Waals surface area contributed by atoms with Crippen molar-refractivity contribution in [1.82, 2.24) is 0 Å². The first-order valence-corrected chi connectivity index (χ1v) is 20.6. The van der Waals surface area contributed by atoms with Crippen molar-refractivity contribution < 1.29 is 27.8 Å². The Balaban J connectivity index is 1.19. The van der Waals surface area contributed by atoms with Gasteiger partial charge < -0.3 is 9.47 Å². The van der Waals surface area contributed by atoms with Crippen LogP contribution in [0.2, 0.25) is 0 Å². The van der Waals surface area contributed by atoms with Crippen LogP contribution in [0.3, 0.4) is 0 Å². The number of fused-ring (bicyclic) bond motifs is 5. The highest BCUT2D eigenvalue weighted by Crippen LogP contribution is 2.49. The van der Waals surface area contributed by atoms with Crippen molar-refractivity contribution in [2.24, 2.45) is 0 Å². The smallest absolute Gasteiger partial charge is 0.340 e. The first-order valence-electron chi connectivity index (χ1n) is 20.6. The summed E-state index contributed by atoms with van der Waals surface area (Å²) in [7, 11) is 0. The Morgan fingerprint density at radius 2 is 1.11 bits per heavy atom. The Bertz CT molecular complexity index is 2040. The van der Waals surface area contributed by atoms with Crippen molar-refractivity contribution in [3.8, 4) is 11.5 Å². The predicted molar refractivity (Wildman–Crippen MR) is 215 cm³/mol. The molecule has 5 heterocycles. The molecule has 0 radical (unpaired) electrons. The fourth-order valence-corrected chi connectivity index (χ4v) is 9.57. The molecule has 6 heteroatoms. The normalized spacial score (nSPS) is 21.7. The van der Waals surface area contributed by atoms with Gasteiger partial charge in [0.1, 0.15) is 13.1 Å². The van der Waals surface area contributed by atoms with E-state index in [1.54, 1.807) is 0 Å². The molecule has 3 unspecified atom stereocenters. The summed E-state index contributed by atoms with van der Waals surface area (Å²) in [4.78, 5) is 0. The summed E-state index contributed by atoms with van der Waals surface area (Å²) in [5, 5.41) is 0. The molecule has 2 fully saturated rings. The molecule has 4 aliphatic rings. The van der Waals surface area contributed by atoms with E-state index in [9.17, 15) is 0 Å². The molecule has 2 aromatic heterocycles. The Morgan fingerprint density at radius 1 is 0.611 bits per heavy atom. The minimum absolute atomic E-state index is 0.0122. The van der Waals surface area contributed by atoms with Gasteiger partial charge in [0.05, 0.1) is 11.1 Å². The molecule has 0 amide bonds. The van der Waals surface area contributed by atoms with Crippen LogP contribution in [0.15, 0.2) is 85.5 Å². The summed E-state index contributed by atoms with van der Waals surface area (Å²) in [5.41, 5.74) is 7.46. The van der Waals surface area contributed by atoms with Gasteiger partial charge in [-0.3, -0.25) is 0 Å². The molecular formula is C48H62N4O2+4. The van der Waals surface area contributed by atoms with Gasteiger partial charge in [-0.2, -0.15) is 0 Å². The van der Waals surface area contributed by atoms with Crippen LogP contribution in [0, 0.1) is 6.92 Å². The summed E-state index contributed by atoms with van der Waals surface area (Å²) in [6, 6.07) is 21.9. The van der Waals surface area contributed by atoms with Gasteiger partial charge >= 0.3 is 6.03 Å². The van der Waals surface area contributed by atoms with E-state index in [1.165, 1.54) is 46.2 Å². The van der Waals surface area contributed by atoms with Gasteiger partial charge in [-0.05, 0) is 77.7 Å². The third-order valence-corrected chi connectivity index (χ3v) is 12.7. The molecular weight excluding hydrogens is 665 g/mol. The maximum atomic E-state index is 7.43. The monoisotopic (exact) mass is 726 g/mol. The van der Waals surface area contributed by atoms with Crippen molar-refractivity contribution >= 4 is 12.4 Å². The highest BCUT2D eigenvalue weighted by Gasteiger charge is 2.76. The van der Waals surface area contributed by atoms with Crippen molar-refractivity contribution in [1.29, 1.82) is 0 Å². The maximum Gasteiger partial charge on any atom is 0.704 e. The SMILES string of the molecule is Cc1cc(C(C)(CCC[n+]2ccccc2)CCC[n+]2ccccc2)cc2c1OC13Oc4c(cc(C(C)(C)C)cc4C(C)(C)C)C=[N+]1C1CCCCC1[N+]3=C2.